The van der Waals surface area contributed by atoms with E-state index in [2.05, 4.69) is 11.8 Å². The number of hydrogen-bond donors (Lipinski definition) is 1. The minimum Gasteiger partial charge on any atom is -0.427 e. The Morgan fingerprint density at radius 2 is 1.70 bits per heavy atom. The van der Waals surface area contributed by atoms with Gasteiger partial charge in [0.25, 0.3) is 0 Å². The summed E-state index contributed by atoms with van der Waals surface area (Å²) in [4.78, 5) is 4.14. The third kappa shape index (κ3) is 4.71. The van der Waals surface area contributed by atoms with Gasteiger partial charge in [-0.3, -0.25) is 0 Å². The molecule has 3 nitrogen and oxygen atoms in total. The van der Waals surface area contributed by atoms with Gasteiger partial charge in [-0.25, -0.2) is 18.2 Å². The molecule has 0 saturated heterocycles. The number of aliphatic hydroxyl groups excluding tert-OH is 1. The Labute approximate surface area is 133 Å². The van der Waals surface area contributed by atoms with Crippen molar-refractivity contribution in [2.45, 2.75) is 13.5 Å². The van der Waals surface area contributed by atoms with E-state index in [0.29, 0.717) is 0 Å². The van der Waals surface area contributed by atoms with Crippen molar-refractivity contribution in [3.05, 3.63) is 47.5 Å². The molecule has 0 aliphatic heterocycles. The molecule has 2 aromatic rings. The Morgan fingerprint density at radius 3 is 2.00 bits per heavy atom. The Balaban J connectivity index is 0.000000507. The van der Waals surface area contributed by atoms with E-state index in [9.17, 15) is 5.11 Å². The molecule has 0 bridgehead atoms. The van der Waals surface area contributed by atoms with Crippen LogP contribution in [0.1, 0.15) is 11.1 Å². The zero-order valence-corrected chi connectivity index (χ0v) is 14.0. The van der Waals surface area contributed by atoms with Crippen LogP contribution in [0.5, 0.6) is 0 Å². The van der Waals surface area contributed by atoms with Crippen molar-refractivity contribution in [1.29, 1.82) is 0 Å². The number of aliphatic hydroxyl groups is 1. The van der Waals surface area contributed by atoms with Crippen LogP contribution in [0.15, 0.2) is 36.4 Å². The molecular formula is C16H24FeN2O. The fourth-order valence-electron chi connectivity index (χ4n) is 2.24. The maximum Gasteiger partial charge on any atom is 2.00 e. The molecule has 0 spiro atoms. The van der Waals surface area contributed by atoms with Crippen molar-refractivity contribution < 1.29 is 22.2 Å². The summed E-state index contributed by atoms with van der Waals surface area (Å²) < 4.78 is 0. The predicted molar refractivity (Wildman–Crippen MR) is 83.4 cm³/mol. The van der Waals surface area contributed by atoms with Crippen molar-refractivity contribution in [3.8, 4) is 0 Å². The second-order valence-electron chi connectivity index (χ2n) is 4.96. The van der Waals surface area contributed by atoms with Crippen LogP contribution in [0, 0.1) is 6.92 Å². The number of nitrogens with zero attached hydrogens (tertiary/aromatic N) is 2. The van der Waals surface area contributed by atoms with Gasteiger partial charge in [0.05, 0.1) is 0 Å². The molecule has 0 fully saturated rings. The molecular weight excluding hydrogens is 292 g/mol. The molecule has 20 heavy (non-hydrogen) atoms. The van der Waals surface area contributed by atoms with Gasteiger partial charge in [-0.1, -0.05) is 12.6 Å². The van der Waals surface area contributed by atoms with E-state index in [0.717, 1.165) is 11.3 Å². The molecule has 4 heteroatoms. The van der Waals surface area contributed by atoms with Crippen molar-refractivity contribution in [1.82, 2.24) is 0 Å². The summed E-state index contributed by atoms with van der Waals surface area (Å²) in [7, 11) is 8.05. The van der Waals surface area contributed by atoms with Gasteiger partial charge >= 0.3 is 17.1 Å². The second-order valence-corrected chi connectivity index (χ2v) is 4.96. The van der Waals surface area contributed by atoms with Crippen molar-refractivity contribution >= 4 is 11.4 Å². The second kappa shape index (κ2) is 8.85. The summed E-state index contributed by atoms with van der Waals surface area (Å²) in [5.41, 5.74) is 4.52. The first kappa shape index (κ1) is 18.8. The third-order valence-electron chi connectivity index (χ3n) is 2.91. The van der Waals surface area contributed by atoms with Gasteiger partial charge < -0.3 is 14.9 Å². The summed E-state index contributed by atoms with van der Waals surface area (Å²) in [6.07, 6.45) is 0. The van der Waals surface area contributed by atoms with Crippen LogP contribution in [0.3, 0.4) is 0 Å². The first-order valence-corrected chi connectivity index (χ1v) is 6.40. The average molecular weight is 316 g/mol. The number of aryl methyl sites for hydroxylation is 1. The molecule has 0 saturated carbocycles. The summed E-state index contributed by atoms with van der Waals surface area (Å²) in [6.45, 7) is 2.17. The molecule has 0 aromatic heterocycles. The molecule has 2 rings (SSSR count). The molecule has 0 atom stereocenters. The molecule has 0 aliphatic rings. The molecule has 2 aromatic carbocycles. The normalized spacial score (nSPS) is 9.30. The minimum atomic E-state index is 0. The first-order chi connectivity index (χ1) is 8.99. The van der Waals surface area contributed by atoms with Crippen LogP contribution in [0.25, 0.3) is 0 Å². The molecule has 1 N–H and O–H groups in total. The van der Waals surface area contributed by atoms with Crippen LogP contribution in [0.4, 0.5) is 11.4 Å². The van der Waals surface area contributed by atoms with Crippen molar-refractivity contribution in [2.24, 2.45) is 0 Å². The molecule has 0 radical (unpaired) electrons. The molecule has 0 aliphatic carbocycles. The Bertz CT molecular complexity index is 456. The minimum absolute atomic E-state index is 0. The van der Waals surface area contributed by atoms with Gasteiger partial charge in [-0.15, -0.1) is 11.1 Å². The van der Waals surface area contributed by atoms with E-state index in [4.69, 9.17) is 0 Å². The maximum absolute atomic E-state index is 9.24. The van der Waals surface area contributed by atoms with Crippen LogP contribution < -0.4 is 9.80 Å². The van der Waals surface area contributed by atoms with Crippen LogP contribution >= 0.6 is 0 Å². The zero-order valence-electron chi connectivity index (χ0n) is 12.9. The van der Waals surface area contributed by atoms with E-state index < -0.39 is 0 Å². The van der Waals surface area contributed by atoms with Crippen molar-refractivity contribution in [3.63, 3.8) is 0 Å². The van der Waals surface area contributed by atoms with Gasteiger partial charge in [-0.2, -0.15) is 18.2 Å². The quantitative estimate of drug-likeness (QED) is 0.697. The van der Waals surface area contributed by atoms with Gasteiger partial charge in [0.15, 0.2) is 0 Å². The van der Waals surface area contributed by atoms with Gasteiger partial charge in [0, 0.05) is 20.7 Å². The predicted octanol–water partition coefficient (Wildman–Crippen LogP) is 2.74. The largest absolute Gasteiger partial charge is 2.00 e. The van der Waals surface area contributed by atoms with E-state index in [-0.39, 0.29) is 23.7 Å². The fourth-order valence-corrected chi connectivity index (χ4v) is 2.24. The van der Waals surface area contributed by atoms with E-state index in [1.807, 2.05) is 69.5 Å². The average Bonchev–Trinajstić information content (AvgIpc) is 2.98. The third-order valence-corrected chi connectivity index (χ3v) is 2.91. The zero-order chi connectivity index (χ0) is 14.4. The Morgan fingerprint density at radius 1 is 1.15 bits per heavy atom. The summed E-state index contributed by atoms with van der Waals surface area (Å²) in [5, 5.41) is 9.24. The van der Waals surface area contributed by atoms with Crippen LogP contribution in [-0.4, -0.2) is 33.3 Å². The maximum atomic E-state index is 9.24. The summed E-state index contributed by atoms with van der Waals surface area (Å²) in [6, 6.07) is 12.0. The van der Waals surface area contributed by atoms with Gasteiger partial charge in [0.2, 0.25) is 0 Å². The smallest absolute Gasteiger partial charge is 0.427 e. The Hall–Kier alpha value is -1.22. The van der Waals surface area contributed by atoms with Crippen LogP contribution in [-0.2, 0) is 23.7 Å². The number of hydrogen-bond acceptors (Lipinski definition) is 3. The SMILES string of the molecule is Cc1cc(CO)c(N(C)C)[c-]1N(C)C.[Fe+2].c1cc[cH-]c1. The number of rotatable bonds is 3. The summed E-state index contributed by atoms with van der Waals surface area (Å²) in [5.74, 6) is 0. The summed E-state index contributed by atoms with van der Waals surface area (Å²) >= 11 is 0. The van der Waals surface area contributed by atoms with E-state index >= 15 is 0 Å². The van der Waals surface area contributed by atoms with E-state index in [1.165, 1.54) is 11.3 Å². The molecule has 0 amide bonds. The Kier molecular flexibility index (Phi) is 8.31. The molecule has 0 heterocycles. The topological polar surface area (TPSA) is 26.7 Å². The monoisotopic (exact) mass is 316 g/mol. The van der Waals surface area contributed by atoms with Crippen LogP contribution in [0.2, 0.25) is 0 Å². The van der Waals surface area contributed by atoms with Gasteiger partial charge in [0.1, 0.15) is 0 Å². The first-order valence-electron chi connectivity index (χ1n) is 6.40. The molecule has 112 valence electrons. The van der Waals surface area contributed by atoms with Gasteiger partial charge in [-0.05, 0) is 19.8 Å². The standard InChI is InChI=1S/C11H19N2O.C5H5.Fe/c1-8-6-9(7-14)11(13(4)5)10(8)12(2)3;1-2-4-5-3-1;/h6,14H,7H2,1-5H3;1-5H;/q2*-1;+2. The number of anilines is 2. The van der Waals surface area contributed by atoms with E-state index in [1.54, 1.807) is 0 Å². The molecule has 0 unspecified atom stereocenters. The van der Waals surface area contributed by atoms with Crippen molar-refractivity contribution in [2.75, 3.05) is 38.0 Å². The fraction of sp³-hybridized carbons (Fsp3) is 0.375.